The van der Waals surface area contributed by atoms with Gasteiger partial charge >= 0.3 is 0 Å². The molecule has 0 bridgehead atoms. The van der Waals surface area contributed by atoms with E-state index in [4.69, 9.17) is 5.73 Å². The SMILES string of the molecule is Cc1ccc(C2(CN)[N]C=CN2)cc1. The van der Waals surface area contributed by atoms with Crippen molar-refractivity contribution in [3.63, 3.8) is 0 Å². The van der Waals surface area contributed by atoms with Crippen LogP contribution < -0.4 is 16.4 Å². The summed E-state index contributed by atoms with van der Waals surface area (Å²) in [5.41, 5.74) is 7.66. The average molecular weight is 188 g/mol. The van der Waals surface area contributed by atoms with Gasteiger partial charge in [-0.3, -0.25) is 5.32 Å². The van der Waals surface area contributed by atoms with E-state index in [-0.39, 0.29) is 0 Å². The maximum atomic E-state index is 5.74. The van der Waals surface area contributed by atoms with Crippen LogP contribution in [0.5, 0.6) is 0 Å². The number of hydrogen-bond donors (Lipinski definition) is 2. The van der Waals surface area contributed by atoms with Crippen LogP contribution in [0.3, 0.4) is 0 Å². The number of nitrogens with one attached hydrogen (secondary N) is 1. The summed E-state index contributed by atoms with van der Waals surface area (Å²) in [5.74, 6) is 0. The summed E-state index contributed by atoms with van der Waals surface area (Å²) in [6.45, 7) is 2.53. The van der Waals surface area contributed by atoms with Crippen molar-refractivity contribution in [2.24, 2.45) is 5.73 Å². The Hall–Kier alpha value is -1.48. The predicted molar refractivity (Wildman–Crippen MR) is 56.3 cm³/mol. The molecule has 1 aliphatic rings. The fourth-order valence-electron chi connectivity index (χ4n) is 1.59. The quantitative estimate of drug-likeness (QED) is 0.720. The smallest absolute Gasteiger partial charge is 0.167 e. The van der Waals surface area contributed by atoms with E-state index in [0.717, 1.165) is 5.56 Å². The van der Waals surface area contributed by atoms with E-state index in [1.54, 1.807) is 6.20 Å². The Balaban J connectivity index is 2.32. The Bertz CT molecular complexity index is 332. The third-order valence-corrected chi connectivity index (χ3v) is 2.52. The molecule has 0 aromatic heterocycles. The van der Waals surface area contributed by atoms with Crippen molar-refractivity contribution in [2.45, 2.75) is 12.6 Å². The summed E-state index contributed by atoms with van der Waals surface area (Å²) in [6, 6.07) is 8.27. The van der Waals surface area contributed by atoms with Crippen molar-refractivity contribution in [1.29, 1.82) is 0 Å². The highest BCUT2D eigenvalue weighted by Gasteiger charge is 2.32. The van der Waals surface area contributed by atoms with E-state index in [1.807, 2.05) is 6.20 Å². The molecule has 0 amide bonds. The highest BCUT2D eigenvalue weighted by molar-refractivity contribution is 5.30. The molecular formula is C11H14N3. The van der Waals surface area contributed by atoms with Crippen LogP contribution in [0.1, 0.15) is 11.1 Å². The summed E-state index contributed by atoms with van der Waals surface area (Å²) < 4.78 is 0. The lowest BCUT2D eigenvalue weighted by Gasteiger charge is -2.27. The minimum atomic E-state index is -0.437. The summed E-state index contributed by atoms with van der Waals surface area (Å²) >= 11 is 0. The van der Waals surface area contributed by atoms with E-state index in [9.17, 15) is 0 Å². The van der Waals surface area contributed by atoms with Crippen molar-refractivity contribution in [3.05, 3.63) is 47.8 Å². The monoisotopic (exact) mass is 188 g/mol. The molecule has 1 radical (unpaired) electrons. The summed E-state index contributed by atoms with van der Waals surface area (Å²) in [5, 5.41) is 7.55. The molecule has 1 aliphatic heterocycles. The van der Waals surface area contributed by atoms with Crippen molar-refractivity contribution in [2.75, 3.05) is 6.54 Å². The Labute approximate surface area is 84.0 Å². The predicted octanol–water partition coefficient (Wildman–Crippen LogP) is 0.785. The zero-order chi connectivity index (χ0) is 10.0. The molecule has 73 valence electrons. The first kappa shape index (κ1) is 9.09. The standard InChI is InChI=1S/C11H14N3/c1-9-2-4-10(5-3-9)11(8-12)13-6-7-14-11/h2-7,13H,8,12H2,1H3. The fourth-order valence-corrected chi connectivity index (χ4v) is 1.59. The minimum absolute atomic E-state index is 0.437. The van der Waals surface area contributed by atoms with Gasteiger partial charge in [-0.2, -0.15) is 0 Å². The van der Waals surface area contributed by atoms with Crippen LogP contribution in [0.25, 0.3) is 0 Å². The highest BCUT2D eigenvalue weighted by Crippen LogP contribution is 2.21. The number of benzene rings is 1. The Kier molecular flexibility index (Phi) is 2.17. The van der Waals surface area contributed by atoms with E-state index in [0.29, 0.717) is 6.54 Å². The van der Waals surface area contributed by atoms with Gasteiger partial charge in [0, 0.05) is 24.5 Å². The minimum Gasteiger partial charge on any atom is -0.361 e. The Morgan fingerprint density at radius 3 is 2.57 bits per heavy atom. The normalized spacial score (nSPS) is 17.6. The third kappa shape index (κ3) is 1.36. The second-order valence-electron chi connectivity index (χ2n) is 3.52. The topological polar surface area (TPSA) is 52.2 Å². The van der Waals surface area contributed by atoms with Gasteiger partial charge in [0.25, 0.3) is 0 Å². The van der Waals surface area contributed by atoms with Crippen molar-refractivity contribution in [1.82, 2.24) is 10.6 Å². The highest BCUT2D eigenvalue weighted by atomic mass is 15.2. The second kappa shape index (κ2) is 3.35. The van der Waals surface area contributed by atoms with Crippen LogP contribution in [-0.2, 0) is 5.66 Å². The van der Waals surface area contributed by atoms with E-state index < -0.39 is 5.66 Å². The van der Waals surface area contributed by atoms with Crippen LogP contribution in [0.2, 0.25) is 0 Å². The molecule has 1 heterocycles. The molecule has 1 aromatic carbocycles. The van der Waals surface area contributed by atoms with Crippen molar-refractivity contribution < 1.29 is 0 Å². The number of nitrogens with zero attached hydrogens (tertiary/aromatic N) is 1. The molecule has 1 aromatic rings. The summed E-state index contributed by atoms with van der Waals surface area (Å²) in [7, 11) is 0. The third-order valence-electron chi connectivity index (χ3n) is 2.52. The summed E-state index contributed by atoms with van der Waals surface area (Å²) in [4.78, 5) is 0. The van der Waals surface area contributed by atoms with Crippen LogP contribution >= 0.6 is 0 Å². The first-order chi connectivity index (χ1) is 6.77. The zero-order valence-corrected chi connectivity index (χ0v) is 8.20. The first-order valence-corrected chi connectivity index (χ1v) is 4.69. The molecule has 0 aliphatic carbocycles. The maximum Gasteiger partial charge on any atom is 0.167 e. The number of nitrogens with two attached hydrogens (primary N) is 1. The lowest BCUT2D eigenvalue weighted by molar-refractivity contribution is 0.362. The molecule has 0 saturated carbocycles. The lowest BCUT2D eigenvalue weighted by atomic mass is 9.99. The fraction of sp³-hybridized carbons (Fsp3) is 0.273. The van der Waals surface area contributed by atoms with E-state index in [1.165, 1.54) is 5.56 Å². The van der Waals surface area contributed by atoms with E-state index >= 15 is 0 Å². The largest absolute Gasteiger partial charge is 0.361 e. The van der Waals surface area contributed by atoms with Gasteiger partial charge in [-0.15, -0.1) is 0 Å². The molecule has 0 saturated heterocycles. The zero-order valence-electron chi connectivity index (χ0n) is 8.20. The molecule has 3 heteroatoms. The van der Waals surface area contributed by atoms with Gasteiger partial charge in [-0.25, -0.2) is 0 Å². The number of rotatable bonds is 2. The van der Waals surface area contributed by atoms with Crippen molar-refractivity contribution in [3.8, 4) is 0 Å². The van der Waals surface area contributed by atoms with Gasteiger partial charge in [0.05, 0.1) is 0 Å². The number of aryl methyl sites for hydroxylation is 1. The van der Waals surface area contributed by atoms with Gasteiger partial charge in [0.15, 0.2) is 5.66 Å². The average Bonchev–Trinajstić information content (AvgIpc) is 2.68. The summed E-state index contributed by atoms with van der Waals surface area (Å²) in [6.07, 6.45) is 3.58. The molecule has 14 heavy (non-hydrogen) atoms. The molecule has 3 nitrogen and oxygen atoms in total. The molecular weight excluding hydrogens is 174 g/mol. The molecule has 0 fully saturated rings. The van der Waals surface area contributed by atoms with E-state index in [2.05, 4.69) is 41.8 Å². The maximum absolute atomic E-state index is 5.74. The Morgan fingerprint density at radius 2 is 2.07 bits per heavy atom. The first-order valence-electron chi connectivity index (χ1n) is 4.69. The van der Waals surface area contributed by atoms with Gasteiger partial charge in [0.1, 0.15) is 0 Å². The molecule has 1 unspecified atom stereocenters. The van der Waals surface area contributed by atoms with Crippen molar-refractivity contribution >= 4 is 0 Å². The van der Waals surface area contributed by atoms with Gasteiger partial charge < -0.3 is 11.1 Å². The van der Waals surface area contributed by atoms with Gasteiger partial charge in [-0.1, -0.05) is 29.8 Å². The van der Waals surface area contributed by atoms with Crippen LogP contribution in [0, 0.1) is 6.92 Å². The van der Waals surface area contributed by atoms with Gasteiger partial charge in [0.2, 0.25) is 0 Å². The van der Waals surface area contributed by atoms with Gasteiger partial charge in [-0.05, 0) is 6.92 Å². The van der Waals surface area contributed by atoms with Crippen LogP contribution in [0.4, 0.5) is 0 Å². The molecule has 3 N–H and O–H groups in total. The molecule has 1 atom stereocenters. The number of hydrogen-bond acceptors (Lipinski definition) is 2. The molecule has 2 rings (SSSR count). The second-order valence-corrected chi connectivity index (χ2v) is 3.52. The Morgan fingerprint density at radius 1 is 1.36 bits per heavy atom. The lowest BCUT2D eigenvalue weighted by Crippen LogP contribution is -2.48. The van der Waals surface area contributed by atoms with Crippen LogP contribution in [-0.4, -0.2) is 6.54 Å². The molecule has 0 spiro atoms. The van der Waals surface area contributed by atoms with Crippen LogP contribution in [0.15, 0.2) is 36.7 Å².